The molecular weight excluding hydrogens is 304 g/mol. The largest absolute Gasteiger partial charge is 0.362 e. The molecule has 0 aliphatic rings. The molecule has 106 valence electrons. The van der Waals surface area contributed by atoms with Crippen LogP contribution in [0.2, 0.25) is 0 Å². The van der Waals surface area contributed by atoms with E-state index in [4.69, 9.17) is 12.2 Å². The van der Waals surface area contributed by atoms with Gasteiger partial charge in [0.25, 0.3) is 0 Å². The van der Waals surface area contributed by atoms with Crippen molar-refractivity contribution in [2.45, 2.75) is 12.7 Å². The van der Waals surface area contributed by atoms with Crippen molar-refractivity contribution >= 4 is 46.1 Å². The van der Waals surface area contributed by atoms with Crippen LogP contribution in [-0.4, -0.2) is 17.4 Å². The van der Waals surface area contributed by atoms with Gasteiger partial charge in [0, 0.05) is 28.6 Å². The Hall–Kier alpha value is -1.04. The molecule has 0 fully saturated rings. The molecule has 1 aromatic carbocycles. The molecule has 1 heterocycles. The number of anilines is 1. The van der Waals surface area contributed by atoms with Crippen molar-refractivity contribution in [3.05, 3.63) is 52.2 Å². The van der Waals surface area contributed by atoms with E-state index in [0.717, 1.165) is 23.7 Å². The van der Waals surface area contributed by atoms with Crippen LogP contribution in [0.25, 0.3) is 0 Å². The Kier molecular flexibility index (Phi) is 6.36. The maximum Gasteiger partial charge on any atom is 0.170 e. The standard InChI is InChI=1S/C15H18N2S3/c1-12-4-6-13(7-5-12)17-15(18)16-8-10-19-11-14-3-2-9-20-14/h2-7,9H,8,10-11H2,1H3,(H2,16,17,18). The van der Waals surface area contributed by atoms with Gasteiger partial charge in [0.05, 0.1) is 0 Å². The van der Waals surface area contributed by atoms with E-state index in [1.807, 2.05) is 35.2 Å². The lowest BCUT2D eigenvalue weighted by Gasteiger charge is -2.10. The van der Waals surface area contributed by atoms with Crippen molar-refractivity contribution in [1.29, 1.82) is 0 Å². The van der Waals surface area contributed by atoms with Gasteiger partial charge in [0.15, 0.2) is 5.11 Å². The van der Waals surface area contributed by atoms with E-state index in [-0.39, 0.29) is 0 Å². The number of nitrogens with one attached hydrogen (secondary N) is 2. The number of hydrogen-bond donors (Lipinski definition) is 2. The minimum absolute atomic E-state index is 0.686. The summed E-state index contributed by atoms with van der Waals surface area (Å²) in [5.41, 5.74) is 2.28. The zero-order valence-electron chi connectivity index (χ0n) is 11.4. The van der Waals surface area contributed by atoms with Crippen molar-refractivity contribution in [2.75, 3.05) is 17.6 Å². The molecule has 0 aliphatic heterocycles. The number of rotatable bonds is 6. The summed E-state index contributed by atoms with van der Waals surface area (Å²) in [6.07, 6.45) is 0. The number of benzene rings is 1. The molecule has 0 amide bonds. The molecule has 20 heavy (non-hydrogen) atoms. The Morgan fingerprint density at radius 3 is 2.75 bits per heavy atom. The summed E-state index contributed by atoms with van der Waals surface area (Å²) in [7, 11) is 0. The number of thiophene rings is 1. The summed E-state index contributed by atoms with van der Waals surface area (Å²) in [5.74, 6) is 2.13. The highest BCUT2D eigenvalue weighted by atomic mass is 32.2. The van der Waals surface area contributed by atoms with Gasteiger partial charge < -0.3 is 10.6 Å². The van der Waals surface area contributed by atoms with E-state index in [9.17, 15) is 0 Å². The van der Waals surface area contributed by atoms with Crippen molar-refractivity contribution in [3.63, 3.8) is 0 Å². The molecule has 0 saturated carbocycles. The molecular formula is C15H18N2S3. The molecule has 0 bridgehead atoms. The lowest BCUT2D eigenvalue weighted by atomic mass is 10.2. The molecule has 0 saturated heterocycles. The van der Waals surface area contributed by atoms with Crippen LogP contribution in [0, 0.1) is 6.92 Å². The van der Waals surface area contributed by atoms with Crippen molar-refractivity contribution in [2.24, 2.45) is 0 Å². The first kappa shape index (κ1) is 15.4. The van der Waals surface area contributed by atoms with Crippen LogP contribution in [0.5, 0.6) is 0 Å². The van der Waals surface area contributed by atoms with Crippen molar-refractivity contribution in [3.8, 4) is 0 Å². The smallest absolute Gasteiger partial charge is 0.170 e. The predicted molar refractivity (Wildman–Crippen MR) is 95.9 cm³/mol. The summed E-state index contributed by atoms with van der Waals surface area (Å²) < 4.78 is 0. The van der Waals surface area contributed by atoms with E-state index in [1.165, 1.54) is 10.4 Å². The zero-order chi connectivity index (χ0) is 14.2. The second kappa shape index (κ2) is 8.29. The second-order valence-electron chi connectivity index (χ2n) is 4.38. The molecule has 5 heteroatoms. The first-order valence-corrected chi connectivity index (χ1v) is 8.90. The highest BCUT2D eigenvalue weighted by Gasteiger charge is 1.98. The van der Waals surface area contributed by atoms with Gasteiger partial charge in [-0.1, -0.05) is 23.8 Å². The SMILES string of the molecule is Cc1ccc(NC(=S)NCCSCc2cccs2)cc1. The first-order chi connectivity index (χ1) is 9.74. The highest BCUT2D eigenvalue weighted by molar-refractivity contribution is 7.98. The Labute approximate surface area is 134 Å². The number of thiocarbonyl (C=S) groups is 1. The van der Waals surface area contributed by atoms with Gasteiger partial charge in [-0.25, -0.2) is 0 Å². The minimum atomic E-state index is 0.686. The maximum absolute atomic E-state index is 5.27. The third-order valence-electron chi connectivity index (χ3n) is 2.67. The molecule has 1 aromatic heterocycles. The average molecular weight is 323 g/mol. The van der Waals surface area contributed by atoms with Crippen LogP contribution in [-0.2, 0) is 5.75 Å². The molecule has 0 aliphatic carbocycles. The number of hydrogen-bond acceptors (Lipinski definition) is 3. The van der Waals surface area contributed by atoms with Crippen LogP contribution >= 0.6 is 35.3 Å². The zero-order valence-corrected chi connectivity index (χ0v) is 13.8. The molecule has 0 radical (unpaired) electrons. The van der Waals surface area contributed by atoms with Gasteiger partial charge in [-0.05, 0) is 42.7 Å². The van der Waals surface area contributed by atoms with E-state index in [0.29, 0.717) is 5.11 Å². The van der Waals surface area contributed by atoms with Gasteiger partial charge in [-0.3, -0.25) is 0 Å². The van der Waals surface area contributed by atoms with Gasteiger partial charge >= 0.3 is 0 Å². The minimum Gasteiger partial charge on any atom is -0.362 e. The number of aryl methyl sites for hydroxylation is 1. The lowest BCUT2D eigenvalue weighted by Crippen LogP contribution is -2.30. The highest BCUT2D eigenvalue weighted by Crippen LogP contribution is 2.16. The molecule has 2 rings (SSSR count). The normalized spacial score (nSPS) is 10.2. The second-order valence-corrected chi connectivity index (χ2v) is 6.92. The Bertz CT molecular complexity index is 521. The molecule has 2 aromatic rings. The summed E-state index contributed by atoms with van der Waals surface area (Å²) in [5, 5.41) is 9.22. The fraction of sp³-hybridized carbons (Fsp3) is 0.267. The van der Waals surface area contributed by atoms with Crippen LogP contribution in [0.3, 0.4) is 0 Å². The Morgan fingerprint density at radius 1 is 1.25 bits per heavy atom. The van der Waals surface area contributed by atoms with Gasteiger partial charge in [-0.2, -0.15) is 11.8 Å². The average Bonchev–Trinajstić information content (AvgIpc) is 2.94. The van der Waals surface area contributed by atoms with Crippen LogP contribution < -0.4 is 10.6 Å². The molecule has 2 nitrogen and oxygen atoms in total. The molecule has 0 unspecified atom stereocenters. The summed E-state index contributed by atoms with van der Waals surface area (Å²) in [6.45, 7) is 2.96. The van der Waals surface area contributed by atoms with Gasteiger partial charge in [0.2, 0.25) is 0 Å². The fourth-order valence-corrected chi connectivity index (χ4v) is 3.54. The summed E-state index contributed by atoms with van der Waals surface area (Å²) >= 11 is 9.00. The van der Waals surface area contributed by atoms with E-state index in [2.05, 4.69) is 47.2 Å². The van der Waals surface area contributed by atoms with Crippen LogP contribution in [0.4, 0.5) is 5.69 Å². The maximum atomic E-state index is 5.27. The Morgan fingerprint density at radius 2 is 2.05 bits per heavy atom. The molecule has 0 spiro atoms. The topological polar surface area (TPSA) is 24.1 Å². The van der Waals surface area contributed by atoms with Gasteiger partial charge in [0.1, 0.15) is 0 Å². The lowest BCUT2D eigenvalue weighted by molar-refractivity contribution is 0.990. The third kappa shape index (κ3) is 5.53. The van der Waals surface area contributed by atoms with E-state index in [1.54, 1.807) is 0 Å². The fourth-order valence-electron chi connectivity index (χ4n) is 1.62. The third-order valence-corrected chi connectivity index (χ3v) is 4.98. The predicted octanol–water partition coefficient (Wildman–Crippen LogP) is 4.28. The molecule has 2 N–H and O–H groups in total. The monoisotopic (exact) mass is 322 g/mol. The van der Waals surface area contributed by atoms with E-state index < -0.39 is 0 Å². The van der Waals surface area contributed by atoms with Crippen molar-refractivity contribution in [1.82, 2.24) is 5.32 Å². The van der Waals surface area contributed by atoms with Gasteiger partial charge in [-0.15, -0.1) is 11.3 Å². The first-order valence-electron chi connectivity index (χ1n) is 6.46. The number of thioether (sulfide) groups is 1. The quantitative estimate of drug-likeness (QED) is 0.612. The van der Waals surface area contributed by atoms with Crippen LogP contribution in [0.15, 0.2) is 41.8 Å². The molecule has 0 atom stereocenters. The summed E-state index contributed by atoms with van der Waals surface area (Å²) in [6, 6.07) is 12.5. The Balaban J connectivity index is 1.59. The van der Waals surface area contributed by atoms with Crippen LogP contribution in [0.1, 0.15) is 10.4 Å². The van der Waals surface area contributed by atoms with E-state index >= 15 is 0 Å². The van der Waals surface area contributed by atoms with Crippen molar-refractivity contribution < 1.29 is 0 Å². The summed E-state index contributed by atoms with van der Waals surface area (Å²) in [4.78, 5) is 1.43.